The number of hydrogen-bond donors (Lipinski definition) is 2. The van der Waals surface area contributed by atoms with Crippen LogP contribution in [0.1, 0.15) is 52.4 Å². The molecular weight excluding hydrogens is 375 g/mol. The third-order valence-electron chi connectivity index (χ3n) is 2.99. The van der Waals surface area contributed by atoms with Crippen LogP contribution in [0, 0.1) is 0 Å². The molecule has 0 aliphatic heterocycles. The Morgan fingerprint density at radius 2 is 1.91 bits per heavy atom. The van der Waals surface area contributed by atoms with Crippen LogP contribution in [-0.4, -0.2) is 33.3 Å². The number of unbranched alkanes of at least 4 members (excludes halogenated alkanes) is 3. The van der Waals surface area contributed by atoms with Crippen molar-refractivity contribution in [3.05, 3.63) is 12.2 Å². The smallest absolute Gasteiger partial charge is 0.462 e. The van der Waals surface area contributed by atoms with E-state index in [0.29, 0.717) is 0 Å². The van der Waals surface area contributed by atoms with Crippen molar-refractivity contribution >= 4 is 29.7 Å². The maximum absolute atomic E-state index is 11.3. The first-order chi connectivity index (χ1) is 10.2. The van der Waals surface area contributed by atoms with Crippen LogP contribution < -0.4 is 0 Å². The van der Waals surface area contributed by atoms with Gasteiger partial charge in [-0.15, -0.1) is 0 Å². The minimum Gasteiger partial charge on any atom is -0.462 e. The van der Waals surface area contributed by atoms with Gasteiger partial charge in [0.25, 0.3) is 0 Å². The van der Waals surface area contributed by atoms with E-state index in [2.05, 4.69) is 29.4 Å². The van der Waals surface area contributed by atoms with Crippen LogP contribution in [0.5, 0.6) is 0 Å². The lowest BCUT2D eigenvalue weighted by Gasteiger charge is -2.23. The van der Waals surface area contributed by atoms with E-state index >= 15 is 0 Å². The summed E-state index contributed by atoms with van der Waals surface area (Å²) in [5, 5.41) is 0. The van der Waals surface area contributed by atoms with Gasteiger partial charge < -0.3 is 14.5 Å². The molecule has 0 fully saturated rings. The van der Waals surface area contributed by atoms with Crippen LogP contribution in [0.4, 0.5) is 0 Å². The van der Waals surface area contributed by atoms with Gasteiger partial charge in [0.2, 0.25) is 0 Å². The number of esters is 1. The summed E-state index contributed by atoms with van der Waals surface area (Å²) in [5.41, 5.74) is 0.280. The SMILES string of the molecule is C=C(C)C(=O)OCCC(OP(=O)(O)O)C(Br)CCCCCC. The van der Waals surface area contributed by atoms with E-state index in [0.717, 1.165) is 32.1 Å². The average Bonchev–Trinajstić information content (AvgIpc) is 2.40. The van der Waals surface area contributed by atoms with Gasteiger partial charge in [-0.05, 0) is 13.3 Å². The van der Waals surface area contributed by atoms with Gasteiger partial charge in [-0.1, -0.05) is 55.1 Å². The van der Waals surface area contributed by atoms with Crippen LogP contribution in [-0.2, 0) is 18.6 Å². The second-order valence-electron chi connectivity index (χ2n) is 5.20. The second-order valence-corrected chi connectivity index (χ2v) is 7.57. The van der Waals surface area contributed by atoms with Crippen molar-refractivity contribution in [2.75, 3.05) is 6.61 Å². The number of alkyl halides is 1. The van der Waals surface area contributed by atoms with E-state index in [1.165, 1.54) is 6.92 Å². The molecule has 0 aromatic carbocycles. The van der Waals surface area contributed by atoms with Crippen LogP contribution in [0.3, 0.4) is 0 Å². The lowest BCUT2D eigenvalue weighted by molar-refractivity contribution is -0.139. The van der Waals surface area contributed by atoms with E-state index in [-0.39, 0.29) is 23.4 Å². The molecule has 0 radical (unpaired) electrons. The highest BCUT2D eigenvalue weighted by Crippen LogP contribution is 2.40. The van der Waals surface area contributed by atoms with Crippen LogP contribution >= 0.6 is 23.8 Å². The van der Waals surface area contributed by atoms with Gasteiger partial charge in [-0.2, -0.15) is 0 Å². The summed E-state index contributed by atoms with van der Waals surface area (Å²) in [6.07, 6.45) is 4.46. The largest absolute Gasteiger partial charge is 0.469 e. The van der Waals surface area contributed by atoms with E-state index in [4.69, 9.17) is 19.0 Å². The summed E-state index contributed by atoms with van der Waals surface area (Å²) < 4.78 is 20.8. The molecule has 0 aromatic heterocycles. The Morgan fingerprint density at radius 3 is 2.41 bits per heavy atom. The Morgan fingerprint density at radius 1 is 1.27 bits per heavy atom. The van der Waals surface area contributed by atoms with Crippen molar-refractivity contribution in [2.24, 2.45) is 0 Å². The molecule has 0 amide bonds. The zero-order valence-electron chi connectivity index (χ0n) is 13.2. The minimum atomic E-state index is -4.59. The molecule has 2 atom stereocenters. The number of carbonyl (C=O) groups excluding carboxylic acids is 1. The van der Waals surface area contributed by atoms with Crippen LogP contribution in [0.2, 0.25) is 0 Å². The van der Waals surface area contributed by atoms with Crippen molar-refractivity contribution in [1.29, 1.82) is 0 Å². The van der Waals surface area contributed by atoms with Gasteiger partial charge in [0.05, 0.1) is 12.7 Å². The van der Waals surface area contributed by atoms with Crippen molar-refractivity contribution < 1.29 is 28.4 Å². The highest BCUT2D eigenvalue weighted by atomic mass is 79.9. The molecule has 0 rings (SSSR count). The highest BCUT2D eigenvalue weighted by molar-refractivity contribution is 9.09. The molecule has 8 heteroatoms. The molecule has 6 nitrogen and oxygen atoms in total. The number of halogens is 1. The fourth-order valence-electron chi connectivity index (χ4n) is 1.82. The van der Waals surface area contributed by atoms with Gasteiger partial charge >= 0.3 is 13.8 Å². The number of rotatable bonds is 12. The van der Waals surface area contributed by atoms with E-state index in [1.54, 1.807) is 0 Å². The number of phosphoric acid groups is 1. The molecule has 130 valence electrons. The summed E-state index contributed by atoms with van der Waals surface area (Å²) in [6, 6.07) is 0. The van der Waals surface area contributed by atoms with Gasteiger partial charge in [0.1, 0.15) is 0 Å². The Bertz CT molecular complexity index is 395. The first kappa shape index (κ1) is 21.8. The lowest BCUT2D eigenvalue weighted by Crippen LogP contribution is -2.26. The molecule has 0 bridgehead atoms. The monoisotopic (exact) mass is 400 g/mol. The van der Waals surface area contributed by atoms with Crippen molar-refractivity contribution in [2.45, 2.75) is 63.3 Å². The maximum atomic E-state index is 11.3. The van der Waals surface area contributed by atoms with Crippen LogP contribution in [0.15, 0.2) is 12.2 Å². The predicted octanol–water partition coefficient (Wildman–Crippen LogP) is 3.71. The summed E-state index contributed by atoms with van der Waals surface area (Å²) in [7, 11) is -4.59. The van der Waals surface area contributed by atoms with E-state index in [1.807, 2.05) is 0 Å². The van der Waals surface area contributed by atoms with Gasteiger partial charge in [-0.25, -0.2) is 9.36 Å². The van der Waals surface area contributed by atoms with Crippen molar-refractivity contribution in [3.63, 3.8) is 0 Å². The zero-order chi connectivity index (χ0) is 17.2. The molecule has 0 saturated heterocycles. The predicted molar refractivity (Wildman–Crippen MR) is 88.8 cm³/mol. The average molecular weight is 401 g/mol. The first-order valence-electron chi connectivity index (χ1n) is 7.38. The molecule has 0 saturated carbocycles. The highest BCUT2D eigenvalue weighted by Gasteiger charge is 2.28. The van der Waals surface area contributed by atoms with Crippen molar-refractivity contribution in [1.82, 2.24) is 0 Å². The quantitative estimate of drug-likeness (QED) is 0.170. The normalized spacial score (nSPS) is 14.4. The van der Waals surface area contributed by atoms with Crippen LogP contribution in [0.25, 0.3) is 0 Å². The summed E-state index contributed by atoms with van der Waals surface area (Å²) in [4.78, 5) is 29.1. The third kappa shape index (κ3) is 11.4. The Kier molecular flexibility index (Phi) is 11.3. The minimum absolute atomic E-state index is 0.0213. The fraction of sp³-hybridized carbons (Fsp3) is 0.786. The summed E-state index contributed by atoms with van der Waals surface area (Å²) in [6.45, 7) is 7.13. The zero-order valence-corrected chi connectivity index (χ0v) is 15.6. The molecule has 2 N–H and O–H groups in total. The molecule has 0 aromatic rings. The molecule has 22 heavy (non-hydrogen) atoms. The molecule has 0 aliphatic rings. The number of phosphoric ester groups is 1. The van der Waals surface area contributed by atoms with E-state index < -0.39 is 19.9 Å². The van der Waals surface area contributed by atoms with E-state index in [9.17, 15) is 9.36 Å². The standard InChI is InChI=1S/C14H26BrO6P/c1-4-5-6-7-8-12(15)13(21-22(17,18)19)9-10-20-14(16)11(2)3/h12-13H,2,4-10H2,1,3H3,(H2,17,18,19). The third-order valence-corrected chi connectivity index (χ3v) is 4.59. The fourth-order valence-corrected chi connectivity index (χ4v) is 3.29. The molecule has 2 unspecified atom stereocenters. The van der Waals surface area contributed by atoms with Gasteiger partial charge in [-0.3, -0.25) is 4.52 Å². The first-order valence-corrected chi connectivity index (χ1v) is 9.82. The topological polar surface area (TPSA) is 93.1 Å². The Labute approximate surface area is 140 Å². The summed E-state index contributed by atoms with van der Waals surface area (Å²) in [5.74, 6) is -0.524. The second kappa shape index (κ2) is 11.4. The maximum Gasteiger partial charge on any atom is 0.469 e. The molecular formula is C14H26BrO6P. The number of carbonyl (C=O) groups is 1. The van der Waals surface area contributed by atoms with Crippen molar-refractivity contribution in [3.8, 4) is 0 Å². The van der Waals surface area contributed by atoms with Gasteiger partial charge in [0, 0.05) is 16.8 Å². The Hall–Kier alpha value is -0.200. The molecule has 0 aliphatic carbocycles. The summed E-state index contributed by atoms with van der Waals surface area (Å²) >= 11 is 3.42. The number of hydrogen-bond acceptors (Lipinski definition) is 4. The molecule has 0 spiro atoms. The number of ether oxygens (including phenoxy) is 1. The lowest BCUT2D eigenvalue weighted by atomic mass is 10.1. The van der Waals surface area contributed by atoms with Gasteiger partial charge in [0.15, 0.2) is 0 Å². The molecule has 0 heterocycles. The Balaban J connectivity index is 4.39.